The highest BCUT2D eigenvalue weighted by molar-refractivity contribution is 5.68. The lowest BCUT2D eigenvalue weighted by atomic mass is 9.94. The summed E-state index contributed by atoms with van der Waals surface area (Å²) in [4.78, 5) is 10.5. The molecule has 3 nitrogen and oxygen atoms in total. The number of carbonyl (C=O) groups is 1. The molecule has 1 atom stereocenters. The molecule has 15 heavy (non-hydrogen) atoms. The molecule has 0 fully saturated rings. The quantitative estimate of drug-likeness (QED) is 0.833. The Balaban J connectivity index is 2.98. The van der Waals surface area contributed by atoms with Gasteiger partial charge in [0, 0.05) is 0 Å². The number of halogens is 1. The molecule has 0 heterocycles. The molecule has 0 amide bonds. The molecule has 1 unspecified atom stereocenters. The first-order chi connectivity index (χ1) is 6.95. The number of ether oxygens (including phenoxy) is 1. The molecule has 0 bridgehead atoms. The van der Waals surface area contributed by atoms with Gasteiger partial charge in [-0.25, -0.2) is 4.39 Å². The molecule has 0 aliphatic carbocycles. The van der Waals surface area contributed by atoms with Crippen molar-refractivity contribution in [3.05, 3.63) is 29.8 Å². The van der Waals surface area contributed by atoms with Crippen molar-refractivity contribution in [2.75, 3.05) is 7.11 Å². The maximum absolute atomic E-state index is 14.0. The number of methoxy groups -OCH3 is 1. The van der Waals surface area contributed by atoms with Crippen molar-refractivity contribution in [2.24, 2.45) is 0 Å². The zero-order valence-electron chi connectivity index (χ0n) is 8.66. The normalized spacial score (nSPS) is 14.3. The minimum atomic E-state index is -1.87. The molecule has 0 radical (unpaired) electrons. The number of aliphatic carboxylic acids is 1. The van der Waals surface area contributed by atoms with E-state index in [9.17, 15) is 9.18 Å². The smallest absolute Gasteiger partial charge is 0.306 e. The van der Waals surface area contributed by atoms with Crippen LogP contribution in [0.5, 0.6) is 5.75 Å². The molecule has 0 aliphatic rings. The fraction of sp³-hybridized carbons (Fsp3) is 0.364. The van der Waals surface area contributed by atoms with Crippen LogP contribution < -0.4 is 4.74 Å². The second-order valence-corrected chi connectivity index (χ2v) is 3.50. The minimum absolute atomic E-state index is 0.309. The van der Waals surface area contributed by atoms with Crippen LogP contribution in [-0.2, 0) is 10.5 Å². The Kier molecular flexibility index (Phi) is 3.29. The fourth-order valence-corrected chi connectivity index (χ4v) is 1.33. The van der Waals surface area contributed by atoms with Crippen LogP contribution in [-0.4, -0.2) is 18.2 Å². The molecule has 0 saturated carbocycles. The second kappa shape index (κ2) is 4.29. The van der Waals surface area contributed by atoms with Crippen LogP contribution in [0, 0.1) is 0 Å². The number of hydrogen-bond acceptors (Lipinski definition) is 2. The highest BCUT2D eigenvalue weighted by atomic mass is 19.1. The molecule has 1 N–H and O–H groups in total. The Morgan fingerprint density at radius 2 is 2.27 bits per heavy atom. The van der Waals surface area contributed by atoms with Gasteiger partial charge >= 0.3 is 5.97 Å². The molecule has 1 rings (SSSR count). The fourth-order valence-electron chi connectivity index (χ4n) is 1.33. The monoisotopic (exact) mass is 212 g/mol. The van der Waals surface area contributed by atoms with E-state index >= 15 is 0 Å². The van der Waals surface area contributed by atoms with Crippen molar-refractivity contribution in [3.63, 3.8) is 0 Å². The van der Waals surface area contributed by atoms with Crippen LogP contribution >= 0.6 is 0 Å². The maximum Gasteiger partial charge on any atom is 0.306 e. The van der Waals surface area contributed by atoms with Gasteiger partial charge in [-0.1, -0.05) is 12.1 Å². The van der Waals surface area contributed by atoms with Crippen molar-refractivity contribution in [1.29, 1.82) is 0 Å². The summed E-state index contributed by atoms with van der Waals surface area (Å²) in [5.41, 5.74) is -1.57. The Labute approximate surface area is 87.5 Å². The van der Waals surface area contributed by atoms with E-state index in [2.05, 4.69) is 0 Å². The van der Waals surface area contributed by atoms with Gasteiger partial charge in [0.05, 0.1) is 13.5 Å². The van der Waals surface area contributed by atoms with Crippen LogP contribution in [0.2, 0.25) is 0 Å². The first kappa shape index (κ1) is 11.5. The van der Waals surface area contributed by atoms with Crippen molar-refractivity contribution >= 4 is 5.97 Å². The number of carboxylic acid groups (broad SMARTS) is 1. The zero-order chi connectivity index (χ0) is 11.5. The van der Waals surface area contributed by atoms with E-state index in [4.69, 9.17) is 9.84 Å². The van der Waals surface area contributed by atoms with Crippen LogP contribution in [0.15, 0.2) is 24.3 Å². The van der Waals surface area contributed by atoms with Gasteiger partial charge < -0.3 is 9.84 Å². The average molecular weight is 212 g/mol. The lowest BCUT2D eigenvalue weighted by Gasteiger charge is -2.19. The number of benzene rings is 1. The Hall–Kier alpha value is -1.58. The third-order valence-corrected chi connectivity index (χ3v) is 2.15. The van der Waals surface area contributed by atoms with Crippen molar-refractivity contribution in [3.8, 4) is 5.75 Å². The Bertz CT molecular complexity index is 361. The molecular weight excluding hydrogens is 199 g/mol. The lowest BCUT2D eigenvalue weighted by molar-refractivity contribution is -0.140. The van der Waals surface area contributed by atoms with Crippen molar-refractivity contribution < 1.29 is 19.0 Å². The number of rotatable bonds is 4. The van der Waals surface area contributed by atoms with Gasteiger partial charge in [-0.05, 0) is 24.6 Å². The predicted octanol–water partition coefficient (Wildman–Crippen LogP) is 2.35. The maximum atomic E-state index is 14.0. The lowest BCUT2D eigenvalue weighted by Crippen LogP contribution is -2.19. The van der Waals surface area contributed by atoms with Gasteiger partial charge in [-0.15, -0.1) is 0 Å². The largest absolute Gasteiger partial charge is 0.497 e. The SMILES string of the molecule is COc1cccc(C(C)(F)CC(=O)O)c1. The van der Waals surface area contributed by atoms with Gasteiger partial charge in [0.15, 0.2) is 0 Å². The highest BCUT2D eigenvalue weighted by Crippen LogP contribution is 2.31. The predicted molar refractivity (Wildman–Crippen MR) is 53.7 cm³/mol. The number of alkyl halides is 1. The van der Waals surface area contributed by atoms with Crippen LogP contribution in [0.3, 0.4) is 0 Å². The van der Waals surface area contributed by atoms with E-state index in [1.54, 1.807) is 18.2 Å². The van der Waals surface area contributed by atoms with Crippen LogP contribution in [0.4, 0.5) is 4.39 Å². The first-order valence-corrected chi connectivity index (χ1v) is 4.51. The molecule has 4 heteroatoms. The molecule has 0 spiro atoms. The molecule has 1 aromatic carbocycles. The standard InChI is InChI=1S/C11H13FO3/c1-11(12,7-10(13)14)8-4-3-5-9(6-8)15-2/h3-6H,7H2,1-2H3,(H,13,14). The number of hydrogen-bond donors (Lipinski definition) is 1. The Morgan fingerprint density at radius 1 is 1.60 bits per heavy atom. The van der Waals surface area contributed by atoms with E-state index in [0.29, 0.717) is 11.3 Å². The van der Waals surface area contributed by atoms with Crippen molar-refractivity contribution in [2.45, 2.75) is 19.0 Å². The van der Waals surface area contributed by atoms with Gasteiger partial charge in [0.1, 0.15) is 11.4 Å². The minimum Gasteiger partial charge on any atom is -0.497 e. The summed E-state index contributed by atoms with van der Waals surface area (Å²) in [5.74, 6) is -0.649. The molecule has 0 aliphatic heterocycles. The highest BCUT2D eigenvalue weighted by Gasteiger charge is 2.29. The summed E-state index contributed by atoms with van der Waals surface area (Å²) in [6, 6.07) is 6.36. The first-order valence-electron chi connectivity index (χ1n) is 4.51. The second-order valence-electron chi connectivity index (χ2n) is 3.50. The zero-order valence-corrected chi connectivity index (χ0v) is 8.66. The topological polar surface area (TPSA) is 46.5 Å². The van der Waals surface area contributed by atoms with Crippen LogP contribution in [0.25, 0.3) is 0 Å². The summed E-state index contributed by atoms with van der Waals surface area (Å²) >= 11 is 0. The van der Waals surface area contributed by atoms with E-state index in [0.717, 1.165) is 0 Å². The molecular formula is C11H13FO3. The van der Waals surface area contributed by atoms with Crippen LogP contribution in [0.1, 0.15) is 18.9 Å². The number of carboxylic acids is 1. The summed E-state index contributed by atoms with van der Waals surface area (Å²) in [7, 11) is 1.48. The molecule has 0 aromatic heterocycles. The van der Waals surface area contributed by atoms with Gasteiger partial charge in [-0.3, -0.25) is 4.79 Å². The van der Waals surface area contributed by atoms with Gasteiger partial charge in [0.25, 0.3) is 0 Å². The summed E-state index contributed by atoms with van der Waals surface area (Å²) < 4.78 is 18.9. The van der Waals surface area contributed by atoms with Gasteiger partial charge in [-0.2, -0.15) is 0 Å². The molecule has 0 saturated heterocycles. The van der Waals surface area contributed by atoms with E-state index in [1.165, 1.54) is 20.1 Å². The average Bonchev–Trinajstić information content (AvgIpc) is 2.16. The Morgan fingerprint density at radius 3 is 2.80 bits per heavy atom. The molecule has 82 valence electrons. The summed E-state index contributed by atoms with van der Waals surface area (Å²) in [6.45, 7) is 1.25. The third-order valence-electron chi connectivity index (χ3n) is 2.15. The van der Waals surface area contributed by atoms with E-state index < -0.39 is 18.1 Å². The van der Waals surface area contributed by atoms with E-state index in [1.807, 2.05) is 0 Å². The third kappa shape index (κ3) is 2.94. The van der Waals surface area contributed by atoms with E-state index in [-0.39, 0.29) is 0 Å². The van der Waals surface area contributed by atoms with Gasteiger partial charge in [0.2, 0.25) is 0 Å². The summed E-state index contributed by atoms with van der Waals surface area (Å²) in [6.07, 6.45) is -0.555. The molecule has 1 aromatic rings. The summed E-state index contributed by atoms with van der Waals surface area (Å²) in [5, 5.41) is 8.57. The van der Waals surface area contributed by atoms with Crippen molar-refractivity contribution in [1.82, 2.24) is 0 Å².